The van der Waals surface area contributed by atoms with Crippen LogP contribution in [0.2, 0.25) is 0 Å². The molecular weight excluding hydrogens is 521 g/mol. The molecule has 1 saturated heterocycles. The number of ether oxygens (including phenoxy) is 5. The van der Waals surface area contributed by atoms with E-state index in [1.165, 1.54) is 7.11 Å². The molecule has 0 amide bonds. The molecule has 1 aliphatic heterocycles. The first-order chi connectivity index (χ1) is 16.7. The summed E-state index contributed by atoms with van der Waals surface area (Å²) in [6.07, 6.45) is -5.67. The van der Waals surface area contributed by atoms with Crippen molar-refractivity contribution in [1.29, 1.82) is 5.41 Å². The number of methoxy groups -OCH3 is 1. The molecule has 11 heteroatoms. The SMILES string of the molecule is COC(=O)C1OC(COC(=N)C(Cl)(Cl)Cl)[C@@H](OCc2ccccc2)C(OCc2ccccc2)[C@@H]1O. The van der Waals surface area contributed by atoms with Gasteiger partial charge in [0.25, 0.3) is 3.79 Å². The maximum Gasteiger partial charge on any atom is 0.337 e. The van der Waals surface area contributed by atoms with E-state index in [0.717, 1.165) is 11.1 Å². The van der Waals surface area contributed by atoms with Crippen molar-refractivity contribution in [1.82, 2.24) is 0 Å². The van der Waals surface area contributed by atoms with Crippen LogP contribution in [-0.4, -0.2) is 65.0 Å². The number of benzene rings is 2. The fourth-order valence-corrected chi connectivity index (χ4v) is 3.71. The van der Waals surface area contributed by atoms with Crippen LogP contribution in [-0.2, 0) is 41.7 Å². The minimum atomic E-state index is -2.08. The second-order valence-electron chi connectivity index (χ2n) is 7.77. The summed E-state index contributed by atoms with van der Waals surface area (Å²) in [7, 11) is 1.18. The first-order valence-corrected chi connectivity index (χ1v) is 11.8. The molecule has 1 aliphatic rings. The Morgan fingerprint density at radius 1 is 0.971 bits per heavy atom. The molecule has 0 bridgehead atoms. The van der Waals surface area contributed by atoms with Gasteiger partial charge in [0, 0.05) is 0 Å². The second-order valence-corrected chi connectivity index (χ2v) is 10.1. The molecule has 2 aromatic carbocycles. The largest absolute Gasteiger partial charge is 0.475 e. The summed E-state index contributed by atoms with van der Waals surface area (Å²) >= 11 is 17.2. The number of halogens is 3. The third-order valence-electron chi connectivity index (χ3n) is 5.31. The van der Waals surface area contributed by atoms with Crippen LogP contribution in [0.5, 0.6) is 0 Å². The molecule has 0 aromatic heterocycles. The van der Waals surface area contributed by atoms with E-state index in [-0.39, 0.29) is 19.8 Å². The molecule has 0 spiro atoms. The Labute approximate surface area is 218 Å². The van der Waals surface area contributed by atoms with Crippen molar-refractivity contribution >= 4 is 46.7 Å². The van der Waals surface area contributed by atoms with Crippen molar-refractivity contribution in [2.24, 2.45) is 0 Å². The molecule has 1 heterocycles. The predicted octanol–water partition coefficient (Wildman–Crippen LogP) is 3.82. The van der Waals surface area contributed by atoms with Crippen molar-refractivity contribution in [2.45, 2.75) is 47.5 Å². The highest BCUT2D eigenvalue weighted by atomic mass is 35.6. The van der Waals surface area contributed by atoms with E-state index in [9.17, 15) is 9.90 Å². The van der Waals surface area contributed by atoms with Crippen LogP contribution in [0.3, 0.4) is 0 Å². The molecular formula is C24H26Cl3NO7. The van der Waals surface area contributed by atoms with Gasteiger partial charge >= 0.3 is 5.97 Å². The van der Waals surface area contributed by atoms with Crippen LogP contribution in [0.1, 0.15) is 11.1 Å². The Morgan fingerprint density at radius 3 is 1.97 bits per heavy atom. The third kappa shape index (κ3) is 7.79. The van der Waals surface area contributed by atoms with Gasteiger partial charge < -0.3 is 28.8 Å². The number of esters is 1. The third-order valence-corrected chi connectivity index (χ3v) is 5.83. The summed E-state index contributed by atoms with van der Waals surface area (Å²) in [4.78, 5) is 12.4. The molecule has 35 heavy (non-hydrogen) atoms. The molecule has 8 nitrogen and oxygen atoms in total. The van der Waals surface area contributed by atoms with Gasteiger partial charge in [0.05, 0.1) is 20.3 Å². The molecule has 190 valence electrons. The van der Waals surface area contributed by atoms with Crippen LogP contribution in [0.4, 0.5) is 0 Å². The minimum absolute atomic E-state index is 0.138. The lowest BCUT2D eigenvalue weighted by molar-refractivity contribution is -0.258. The number of aliphatic hydroxyl groups is 1. The number of carbonyl (C=O) groups is 1. The Kier molecular flexibility index (Phi) is 10.2. The van der Waals surface area contributed by atoms with Crippen molar-refractivity contribution in [3.05, 3.63) is 71.8 Å². The van der Waals surface area contributed by atoms with Crippen LogP contribution in [0, 0.1) is 5.41 Å². The molecule has 3 unspecified atom stereocenters. The molecule has 1 fully saturated rings. The van der Waals surface area contributed by atoms with Crippen LogP contribution >= 0.6 is 34.8 Å². The molecule has 0 saturated carbocycles. The van der Waals surface area contributed by atoms with E-state index in [1.807, 2.05) is 60.7 Å². The minimum Gasteiger partial charge on any atom is -0.475 e. The van der Waals surface area contributed by atoms with Gasteiger partial charge in [0.15, 0.2) is 6.10 Å². The van der Waals surface area contributed by atoms with E-state index in [2.05, 4.69) is 0 Å². The van der Waals surface area contributed by atoms with E-state index in [4.69, 9.17) is 63.9 Å². The Bertz CT molecular complexity index is 959. The lowest BCUT2D eigenvalue weighted by Gasteiger charge is -2.43. The highest BCUT2D eigenvalue weighted by Gasteiger charge is 2.50. The lowest BCUT2D eigenvalue weighted by atomic mass is 9.94. The van der Waals surface area contributed by atoms with Gasteiger partial charge in [-0.05, 0) is 11.1 Å². The van der Waals surface area contributed by atoms with Gasteiger partial charge in [-0.2, -0.15) is 0 Å². The van der Waals surface area contributed by atoms with Crippen molar-refractivity contribution < 1.29 is 33.6 Å². The number of aliphatic hydroxyl groups excluding tert-OH is 1. The Morgan fingerprint density at radius 2 is 1.49 bits per heavy atom. The fourth-order valence-electron chi connectivity index (χ4n) is 3.55. The number of rotatable bonds is 9. The van der Waals surface area contributed by atoms with Gasteiger partial charge in [-0.3, -0.25) is 5.41 Å². The summed E-state index contributed by atoms with van der Waals surface area (Å²) in [6.45, 7) is -0.00904. The lowest BCUT2D eigenvalue weighted by Crippen LogP contribution is -2.62. The van der Waals surface area contributed by atoms with E-state index < -0.39 is 46.2 Å². The summed E-state index contributed by atoms with van der Waals surface area (Å²) < 4.78 is 26.0. The van der Waals surface area contributed by atoms with E-state index in [1.54, 1.807) is 0 Å². The molecule has 0 aliphatic carbocycles. The average Bonchev–Trinajstić information content (AvgIpc) is 2.86. The van der Waals surface area contributed by atoms with Crippen LogP contribution in [0.15, 0.2) is 60.7 Å². The fraction of sp³-hybridized carbons (Fsp3) is 0.417. The second kappa shape index (κ2) is 12.9. The number of nitrogens with one attached hydrogen (secondary N) is 1. The van der Waals surface area contributed by atoms with Crippen molar-refractivity contribution in [3.8, 4) is 0 Å². The standard InChI is InChI=1S/C24H26Cl3NO7/c1-31-22(30)21-18(29)20(33-13-16-10-6-3-7-11-16)19(32-12-15-8-4-2-5-9-15)17(35-21)14-34-23(28)24(25,26)27/h2-11,17-21,28-29H,12-14H2,1H3/t17?,18-,19+,20?,21?/m0/s1. The molecule has 5 atom stereocenters. The Balaban J connectivity index is 1.85. The summed E-state index contributed by atoms with van der Waals surface area (Å²) in [6, 6.07) is 18.7. The van der Waals surface area contributed by atoms with Gasteiger partial charge in [-0.15, -0.1) is 0 Å². The average molecular weight is 547 g/mol. The zero-order chi connectivity index (χ0) is 25.4. The van der Waals surface area contributed by atoms with E-state index in [0.29, 0.717) is 0 Å². The van der Waals surface area contributed by atoms with Gasteiger partial charge in [-0.25, -0.2) is 4.79 Å². The predicted molar refractivity (Wildman–Crippen MR) is 131 cm³/mol. The summed E-state index contributed by atoms with van der Waals surface area (Å²) in [5.41, 5.74) is 1.72. The van der Waals surface area contributed by atoms with Gasteiger partial charge in [0.2, 0.25) is 5.90 Å². The summed E-state index contributed by atoms with van der Waals surface area (Å²) in [5.74, 6) is -1.43. The smallest absolute Gasteiger partial charge is 0.337 e. The zero-order valence-electron chi connectivity index (χ0n) is 18.8. The highest BCUT2D eigenvalue weighted by Crippen LogP contribution is 2.31. The molecule has 2 aromatic rings. The van der Waals surface area contributed by atoms with Crippen molar-refractivity contribution in [2.75, 3.05) is 13.7 Å². The number of alkyl halides is 3. The Hall–Kier alpha value is -1.91. The van der Waals surface area contributed by atoms with Crippen LogP contribution in [0.25, 0.3) is 0 Å². The normalized spacial score (nSPS) is 24.5. The van der Waals surface area contributed by atoms with E-state index >= 15 is 0 Å². The van der Waals surface area contributed by atoms with Crippen molar-refractivity contribution in [3.63, 3.8) is 0 Å². The van der Waals surface area contributed by atoms with Crippen LogP contribution < -0.4 is 0 Å². The number of hydrogen-bond acceptors (Lipinski definition) is 8. The number of hydrogen-bond donors (Lipinski definition) is 2. The topological polar surface area (TPSA) is 107 Å². The maximum atomic E-state index is 12.4. The highest BCUT2D eigenvalue weighted by molar-refractivity contribution is 6.76. The summed E-state index contributed by atoms with van der Waals surface area (Å²) in [5, 5.41) is 18.9. The van der Waals surface area contributed by atoms with Gasteiger partial charge in [-0.1, -0.05) is 95.5 Å². The molecule has 3 rings (SSSR count). The zero-order valence-corrected chi connectivity index (χ0v) is 21.1. The first-order valence-electron chi connectivity index (χ1n) is 10.7. The quantitative estimate of drug-likeness (QED) is 0.213. The molecule has 2 N–H and O–H groups in total. The monoisotopic (exact) mass is 545 g/mol. The number of carbonyl (C=O) groups excluding carboxylic acids is 1. The van der Waals surface area contributed by atoms with Gasteiger partial charge in [0.1, 0.15) is 31.0 Å². The molecule has 0 radical (unpaired) electrons. The maximum absolute atomic E-state index is 12.4. The first kappa shape index (κ1) is 27.7.